The third-order valence-electron chi connectivity index (χ3n) is 5.69. The minimum Gasteiger partial charge on any atom is -0.492 e. The van der Waals surface area contributed by atoms with Crippen LogP contribution in [-0.4, -0.2) is 37.0 Å². The molecule has 1 saturated heterocycles. The first kappa shape index (κ1) is 20.0. The SMILES string of the molecule is O=C(CN1CCC2(CC1)COc1cc(C(F)(F)F)ccc12)Nc1ccc(Cl)cc1. The van der Waals surface area contributed by atoms with Gasteiger partial charge in [0.1, 0.15) is 5.75 Å². The van der Waals surface area contributed by atoms with Crippen molar-refractivity contribution in [3.8, 4) is 5.75 Å². The van der Waals surface area contributed by atoms with Crippen molar-refractivity contribution < 1.29 is 22.7 Å². The number of piperidine rings is 1. The highest BCUT2D eigenvalue weighted by atomic mass is 35.5. The summed E-state index contributed by atoms with van der Waals surface area (Å²) in [5.41, 5.74) is 0.564. The summed E-state index contributed by atoms with van der Waals surface area (Å²) >= 11 is 5.84. The maximum Gasteiger partial charge on any atom is 0.416 e. The van der Waals surface area contributed by atoms with Crippen molar-refractivity contribution in [2.24, 2.45) is 0 Å². The number of likely N-dealkylation sites (tertiary alicyclic amines) is 1. The summed E-state index contributed by atoms with van der Waals surface area (Å²) in [5, 5.41) is 3.45. The number of rotatable bonds is 3. The lowest BCUT2D eigenvalue weighted by atomic mass is 9.74. The Hall–Kier alpha value is -2.25. The van der Waals surface area contributed by atoms with Gasteiger partial charge in [0.25, 0.3) is 0 Å². The molecule has 1 spiro atoms. The third-order valence-corrected chi connectivity index (χ3v) is 5.94. The Morgan fingerprint density at radius 2 is 1.83 bits per heavy atom. The van der Waals surface area contributed by atoms with Crippen molar-refractivity contribution >= 4 is 23.2 Å². The van der Waals surface area contributed by atoms with E-state index in [9.17, 15) is 18.0 Å². The maximum absolute atomic E-state index is 12.9. The van der Waals surface area contributed by atoms with Crippen LogP contribution in [0.25, 0.3) is 0 Å². The molecule has 0 aromatic heterocycles. The number of halogens is 4. The van der Waals surface area contributed by atoms with Gasteiger partial charge in [-0.2, -0.15) is 13.2 Å². The number of hydrogen-bond acceptors (Lipinski definition) is 3. The van der Waals surface area contributed by atoms with Gasteiger partial charge in [-0.15, -0.1) is 0 Å². The van der Waals surface area contributed by atoms with Gasteiger partial charge in [-0.1, -0.05) is 17.7 Å². The third kappa shape index (κ3) is 4.21. The van der Waals surface area contributed by atoms with E-state index >= 15 is 0 Å². The number of nitrogens with zero attached hydrogens (tertiary/aromatic N) is 1. The Morgan fingerprint density at radius 1 is 1.14 bits per heavy atom. The quantitative estimate of drug-likeness (QED) is 0.775. The number of amides is 1. The predicted octanol–water partition coefficient (Wildman–Crippen LogP) is 4.72. The topological polar surface area (TPSA) is 41.6 Å². The number of ether oxygens (including phenoxy) is 1. The molecule has 2 heterocycles. The van der Waals surface area contributed by atoms with Gasteiger partial charge in [0.2, 0.25) is 5.91 Å². The van der Waals surface area contributed by atoms with E-state index in [0.717, 1.165) is 30.5 Å². The molecule has 29 heavy (non-hydrogen) atoms. The van der Waals surface area contributed by atoms with E-state index in [4.69, 9.17) is 16.3 Å². The van der Waals surface area contributed by atoms with Crippen LogP contribution in [0.4, 0.5) is 18.9 Å². The molecule has 0 unspecified atom stereocenters. The Bertz CT molecular complexity index is 907. The fourth-order valence-electron chi connectivity index (χ4n) is 4.04. The summed E-state index contributed by atoms with van der Waals surface area (Å²) in [7, 11) is 0. The summed E-state index contributed by atoms with van der Waals surface area (Å²) in [6, 6.07) is 10.7. The molecule has 8 heteroatoms. The molecular weight excluding hydrogens is 405 g/mol. The van der Waals surface area contributed by atoms with Crippen molar-refractivity contribution in [3.63, 3.8) is 0 Å². The average Bonchev–Trinajstić information content (AvgIpc) is 3.03. The van der Waals surface area contributed by atoms with Crippen LogP contribution in [0.1, 0.15) is 24.0 Å². The molecule has 154 valence electrons. The number of hydrogen-bond donors (Lipinski definition) is 1. The highest BCUT2D eigenvalue weighted by Gasteiger charge is 2.44. The van der Waals surface area contributed by atoms with Crippen LogP contribution in [0.3, 0.4) is 0 Å². The van der Waals surface area contributed by atoms with Crippen molar-refractivity contribution in [1.82, 2.24) is 4.90 Å². The van der Waals surface area contributed by atoms with E-state index < -0.39 is 11.7 Å². The summed E-state index contributed by atoms with van der Waals surface area (Å²) < 4.78 is 44.4. The van der Waals surface area contributed by atoms with Gasteiger partial charge in [0.05, 0.1) is 18.7 Å². The largest absolute Gasteiger partial charge is 0.492 e. The zero-order valence-corrected chi connectivity index (χ0v) is 16.3. The van der Waals surface area contributed by atoms with E-state index in [2.05, 4.69) is 10.2 Å². The molecule has 2 aromatic carbocycles. The van der Waals surface area contributed by atoms with Crippen molar-refractivity contribution in [3.05, 3.63) is 58.6 Å². The van der Waals surface area contributed by atoms with Crippen LogP contribution >= 0.6 is 11.6 Å². The lowest BCUT2D eigenvalue weighted by Crippen LogP contribution is -2.46. The van der Waals surface area contributed by atoms with Gasteiger partial charge in [-0.25, -0.2) is 0 Å². The lowest BCUT2D eigenvalue weighted by Gasteiger charge is -2.38. The van der Waals surface area contributed by atoms with Gasteiger partial charge < -0.3 is 10.1 Å². The zero-order chi connectivity index (χ0) is 20.6. The van der Waals surface area contributed by atoms with Crippen LogP contribution in [0, 0.1) is 0 Å². The molecule has 2 aromatic rings. The van der Waals surface area contributed by atoms with E-state index in [1.165, 1.54) is 0 Å². The maximum atomic E-state index is 12.9. The summed E-state index contributed by atoms with van der Waals surface area (Å²) in [5.74, 6) is 0.218. The van der Waals surface area contributed by atoms with Crippen molar-refractivity contribution in [2.45, 2.75) is 24.4 Å². The minimum atomic E-state index is -4.38. The van der Waals surface area contributed by atoms with Crippen LogP contribution in [0.5, 0.6) is 5.75 Å². The first-order valence-electron chi connectivity index (χ1n) is 9.38. The highest BCUT2D eigenvalue weighted by molar-refractivity contribution is 6.30. The van der Waals surface area contributed by atoms with E-state index in [1.54, 1.807) is 30.3 Å². The monoisotopic (exact) mass is 424 g/mol. The standard InChI is InChI=1S/C21H20ClF3N2O2/c22-15-2-4-16(5-3-15)26-19(28)12-27-9-7-20(8-10-27)13-29-18-11-14(21(23,24)25)1-6-17(18)20/h1-6,11H,7-10,12-13H2,(H,26,28). The molecular formula is C21H20ClF3N2O2. The summed E-state index contributed by atoms with van der Waals surface area (Å²) in [4.78, 5) is 14.3. The fraction of sp³-hybridized carbons (Fsp3) is 0.381. The van der Waals surface area contributed by atoms with Gasteiger partial charge in [0.15, 0.2) is 0 Å². The van der Waals surface area contributed by atoms with Crippen LogP contribution in [0.15, 0.2) is 42.5 Å². The van der Waals surface area contributed by atoms with Gasteiger partial charge in [0, 0.05) is 21.7 Å². The number of carbonyl (C=O) groups is 1. The lowest BCUT2D eigenvalue weighted by molar-refractivity contribution is -0.137. The molecule has 4 rings (SSSR count). The molecule has 1 N–H and O–H groups in total. The normalized spacial score (nSPS) is 18.3. The molecule has 2 aliphatic heterocycles. The van der Waals surface area contributed by atoms with Gasteiger partial charge in [-0.05, 0) is 62.3 Å². The van der Waals surface area contributed by atoms with Gasteiger partial charge in [-0.3, -0.25) is 9.69 Å². The number of fused-ring (bicyclic) bond motifs is 2. The molecule has 1 fully saturated rings. The molecule has 0 saturated carbocycles. The number of anilines is 1. The Labute approximate surface area is 171 Å². The second-order valence-corrected chi connectivity index (χ2v) is 8.05. The zero-order valence-electron chi connectivity index (χ0n) is 15.6. The summed E-state index contributed by atoms with van der Waals surface area (Å²) in [6.45, 7) is 2.00. The fourth-order valence-corrected chi connectivity index (χ4v) is 4.17. The number of alkyl halides is 3. The van der Waals surface area contributed by atoms with Crippen molar-refractivity contribution in [2.75, 3.05) is 31.6 Å². The number of nitrogens with one attached hydrogen (secondary N) is 1. The molecule has 0 atom stereocenters. The predicted molar refractivity (Wildman–Crippen MR) is 104 cm³/mol. The van der Waals surface area contributed by atoms with E-state index in [1.807, 2.05) is 0 Å². The Kier molecular flexibility index (Phi) is 5.21. The first-order chi connectivity index (χ1) is 13.7. The molecule has 1 amide bonds. The smallest absolute Gasteiger partial charge is 0.416 e. The van der Waals surface area contributed by atoms with Crippen molar-refractivity contribution in [1.29, 1.82) is 0 Å². The average molecular weight is 425 g/mol. The molecule has 4 nitrogen and oxygen atoms in total. The number of benzene rings is 2. The molecule has 2 aliphatic rings. The van der Waals surface area contributed by atoms with E-state index in [0.29, 0.717) is 36.2 Å². The highest BCUT2D eigenvalue weighted by Crippen LogP contribution is 2.47. The van der Waals surface area contributed by atoms with E-state index in [-0.39, 0.29) is 17.9 Å². The second kappa shape index (κ2) is 7.54. The van der Waals surface area contributed by atoms with Crippen LogP contribution in [-0.2, 0) is 16.4 Å². The molecule has 0 aliphatic carbocycles. The first-order valence-corrected chi connectivity index (χ1v) is 9.75. The summed E-state index contributed by atoms with van der Waals surface area (Å²) in [6.07, 6.45) is -2.91. The second-order valence-electron chi connectivity index (χ2n) is 7.61. The molecule has 0 radical (unpaired) electrons. The minimum absolute atomic E-state index is 0.110. The Morgan fingerprint density at radius 3 is 2.48 bits per heavy atom. The van der Waals surface area contributed by atoms with Crippen LogP contribution in [0.2, 0.25) is 5.02 Å². The Balaban J connectivity index is 1.36. The van der Waals surface area contributed by atoms with Crippen LogP contribution < -0.4 is 10.1 Å². The molecule has 0 bridgehead atoms. The van der Waals surface area contributed by atoms with Gasteiger partial charge >= 0.3 is 6.18 Å². The number of carbonyl (C=O) groups excluding carboxylic acids is 1.